The van der Waals surface area contributed by atoms with Crippen LogP contribution in [0.5, 0.6) is 5.75 Å². The zero-order chi connectivity index (χ0) is 16.8. The Morgan fingerprint density at radius 2 is 1.75 bits per heavy atom. The third-order valence-corrected chi connectivity index (χ3v) is 4.13. The van der Waals surface area contributed by atoms with Crippen LogP contribution in [0.25, 0.3) is 0 Å². The standard InChI is InChI=1S/C19H21FN2O2/c20-17-7-4-8-18(13-17)24-15-19(23)22-11-9-21(10-12-22)14-16-5-2-1-3-6-16/h1-8,13H,9-12,14-15H2. The summed E-state index contributed by atoms with van der Waals surface area (Å²) in [6.45, 7) is 3.93. The summed E-state index contributed by atoms with van der Waals surface area (Å²) in [4.78, 5) is 16.4. The molecule has 0 spiro atoms. The molecule has 0 saturated carbocycles. The summed E-state index contributed by atoms with van der Waals surface area (Å²) < 4.78 is 18.5. The second-order valence-corrected chi connectivity index (χ2v) is 5.89. The fourth-order valence-corrected chi connectivity index (χ4v) is 2.79. The minimum absolute atomic E-state index is 0.0534. The second kappa shape index (κ2) is 7.93. The van der Waals surface area contributed by atoms with Crippen LogP contribution in [0, 0.1) is 5.82 Å². The highest BCUT2D eigenvalue weighted by Gasteiger charge is 2.21. The predicted molar refractivity (Wildman–Crippen MR) is 90.2 cm³/mol. The van der Waals surface area contributed by atoms with Crippen molar-refractivity contribution in [2.45, 2.75) is 6.54 Å². The summed E-state index contributed by atoms with van der Waals surface area (Å²) in [6.07, 6.45) is 0. The van der Waals surface area contributed by atoms with Crippen molar-refractivity contribution in [2.75, 3.05) is 32.8 Å². The minimum Gasteiger partial charge on any atom is -0.484 e. The van der Waals surface area contributed by atoms with Gasteiger partial charge >= 0.3 is 0 Å². The third kappa shape index (κ3) is 4.55. The first-order valence-corrected chi connectivity index (χ1v) is 8.13. The molecular formula is C19H21FN2O2. The molecule has 5 heteroatoms. The normalized spacial score (nSPS) is 15.3. The number of hydrogen-bond donors (Lipinski definition) is 0. The number of piperazine rings is 1. The number of carbonyl (C=O) groups excluding carboxylic acids is 1. The molecule has 2 aromatic carbocycles. The molecule has 1 heterocycles. The van der Waals surface area contributed by atoms with Gasteiger partial charge in [0.25, 0.3) is 5.91 Å². The molecule has 0 atom stereocenters. The lowest BCUT2D eigenvalue weighted by Crippen LogP contribution is -2.49. The van der Waals surface area contributed by atoms with Crippen LogP contribution in [0.3, 0.4) is 0 Å². The second-order valence-electron chi connectivity index (χ2n) is 5.89. The van der Waals surface area contributed by atoms with Gasteiger partial charge in [-0.1, -0.05) is 36.4 Å². The monoisotopic (exact) mass is 328 g/mol. The Morgan fingerprint density at radius 3 is 2.46 bits per heavy atom. The van der Waals surface area contributed by atoms with Gasteiger partial charge in [-0.3, -0.25) is 9.69 Å². The first kappa shape index (κ1) is 16.5. The van der Waals surface area contributed by atoms with Gasteiger partial charge in [-0.2, -0.15) is 0 Å². The SMILES string of the molecule is O=C(COc1cccc(F)c1)N1CCN(Cc2ccccc2)CC1. The summed E-state index contributed by atoms with van der Waals surface area (Å²) in [6, 6.07) is 16.2. The third-order valence-electron chi connectivity index (χ3n) is 4.13. The maximum absolute atomic E-state index is 13.1. The van der Waals surface area contributed by atoms with Gasteiger partial charge in [0.2, 0.25) is 0 Å². The van der Waals surface area contributed by atoms with Gasteiger partial charge in [-0.25, -0.2) is 4.39 Å². The molecule has 3 rings (SSSR count). The summed E-state index contributed by atoms with van der Waals surface area (Å²) in [7, 11) is 0. The Bertz CT molecular complexity index is 670. The Morgan fingerprint density at radius 1 is 1.00 bits per heavy atom. The summed E-state index contributed by atoms with van der Waals surface area (Å²) >= 11 is 0. The van der Waals surface area contributed by atoms with Crippen LogP contribution in [0.1, 0.15) is 5.56 Å². The van der Waals surface area contributed by atoms with Crippen LogP contribution < -0.4 is 4.74 Å². The molecule has 0 N–H and O–H groups in total. The molecule has 1 saturated heterocycles. The molecule has 0 aliphatic carbocycles. The van der Waals surface area contributed by atoms with Crippen molar-refractivity contribution in [3.63, 3.8) is 0 Å². The van der Waals surface area contributed by atoms with Gasteiger partial charge < -0.3 is 9.64 Å². The highest BCUT2D eigenvalue weighted by Crippen LogP contribution is 2.13. The fourth-order valence-electron chi connectivity index (χ4n) is 2.79. The highest BCUT2D eigenvalue weighted by atomic mass is 19.1. The number of hydrogen-bond acceptors (Lipinski definition) is 3. The molecule has 0 aromatic heterocycles. The Labute approximate surface area is 141 Å². The average Bonchev–Trinajstić information content (AvgIpc) is 2.61. The van der Waals surface area contributed by atoms with E-state index in [-0.39, 0.29) is 18.3 Å². The number of benzene rings is 2. The molecule has 24 heavy (non-hydrogen) atoms. The molecule has 2 aromatic rings. The van der Waals surface area contributed by atoms with E-state index >= 15 is 0 Å². The molecule has 126 valence electrons. The average molecular weight is 328 g/mol. The van der Waals surface area contributed by atoms with E-state index in [9.17, 15) is 9.18 Å². The van der Waals surface area contributed by atoms with Crippen LogP contribution >= 0.6 is 0 Å². The van der Waals surface area contributed by atoms with Crippen molar-refractivity contribution in [3.05, 3.63) is 66.0 Å². The molecule has 1 fully saturated rings. The number of carbonyl (C=O) groups is 1. The summed E-state index contributed by atoms with van der Waals surface area (Å²) in [5.74, 6) is -0.0424. The lowest BCUT2D eigenvalue weighted by atomic mass is 10.2. The van der Waals surface area contributed by atoms with E-state index in [4.69, 9.17) is 4.74 Å². The van der Waals surface area contributed by atoms with Crippen LogP contribution in [-0.2, 0) is 11.3 Å². The van der Waals surface area contributed by atoms with Crippen LogP contribution in [0.15, 0.2) is 54.6 Å². The molecule has 1 aliphatic rings. The number of rotatable bonds is 5. The topological polar surface area (TPSA) is 32.8 Å². The first-order valence-electron chi connectivity index (χ1n) is 8.13. The molecule has 0 unspecified atom stereocenters. The summed E-state index contributed by atoms with van der Waals surface area (Å²) in [5, 5.41) is 0. The maximum Gasteiger partial charge on any atom is 0.260 e. The van der Waals surface area contributed by atoms with E-state index in [0.29, 0.717) is 18.8 Å². The van der Waals surface area contributed by atoms with Crippen molar-refractivity contribution in [3.8, 4) is 5.75 Å². The Kier molecular flexibility index (Phi) is 5.43. The molecule has 1 aliphatic heterocycles. The van der Waals surface area contributed by atoms with Crippen molar-refractivity contribution < 1.29 is 13.9 Å². The molecular weight excluding hydrogens is 307 g/mol. The van der Waals surface area contributed by atoms with Crippen molar-refractivity contribution in [2.24, 2.45) is 0 Å². The zero-order valence-corrected chi connectivity index (χ0v) is 13.5. The van der Waals surface area contributed by atoms with Gasteiger partial charge in [-0.15, -0.1) is 0 Å². The van der Waals surface area contributed by atoms with E-state index < -0.39 is 0 Å². The highest BCUT2D eigenvalue weighted by molar-refractivity contribution is 5.77. The van der Waals surface area contributed by atoms with E-state index in [0.717, 1.165) is 19.6 Å². The largest absolute Gasteiger partial charge is 0.484 e. The van der Waals surface area contributed by atoms with E-state index in [2.05, 4.69) is 17.0 Å². The molecule has 1 amide bonds. The van der Waals surface area contributed by atoms with Gasteiger partial charge in [0, 0.05) is 38.8 Å². The van der Waals surface area contributed by atoms with E-state index in [1.54, 1.807) is 17.0 Å². The van der Waals surface area contributed by atoms with Gasteiger partial charge in [0.15, 0.2) is 6.61 Å². The van der Waals surface area contributed by atoms with E-state index in [1.165, 1.54) is 17.7 Å². The smallest absolute Gasteiger partial charge is 0.260 e. The molecule has 0 radical (unpaired) electrons. The van der Waals surface area contributed by atoms with Crippen LogP contribution in [0.2, 0.25) is 0 Å². The predicted octanol–water partition coefficient (Wildman–Crippen LogP) is 2.55. The molecule has 4 nitrogen and oxygen atoms in total. The number of amides is 1. The lowest BCUT2D eigenvalue weighted by molar-refractivity contribution is -0.135. The van der Waals surface area contributed by atoms with Crippen molar-refractivity contribution in [1.29, 1.82) is 0 Å². The fraction of sp³-hybridized carbons (Fsp3) is 0.316. The first-order chi connectivity index (χ1) is 11.7. The quantitative estimate of drug-likeness (QED) is 0.846. The van der Waals surface area contributed by atoms with Crippen LogP contribution in [0.4, 0.5) is 4.39 Å². The minimum atomic E-state index is -0.366. The van der Waals surface area contributed by atoms with E-state index in [1.807, 2.05) is 18.2 Å². The van der Waals surface area contributed by atoms with Crippen molar-refractivity contribution in [1.82, 2.24) is 9.80 Å². The van der Waals surface area contributed by atoms with Crippen molar-refractivity contribution >= 4 is 5.91 Å². The van der Waals surface area contributed by atoms with Gasteiger partial charge in [-0.05, 0) is 17.7 Å². The molecule has 0 bridgehead atoms. The van der Waals surface area contributed by atoms with Crippen LogP contribution in [-0.4, -0.2) is 48.5 Å². The maximum atomic E-state index is 13.1. The number of halogens is 1. The Balaban J connectivity index is 1.43. The number of nitrogens with zero attached hydrogens (tertiary/aromatic N) is 2. The Hall–Kier alpha value is -2.40. The lowest BCUT2D eigenvalue weighted by Gasteiger charge is -2.34. The van der Waals surface area contributed by atoms with Gasteiger partial charge in [0.05, 0.1) is 0 Å². The van der Waals surface area contributed by atoms with Gasteiger partial charge in [0.1, 0.15) is 11.6 Å². The number of ether oxygens (including phenoxy) is 1. The zero-order valence-electron chi connectivity index (χ0n) is 13.5. The summed E-state index contributed by atoms with van der Waals surface area (Å²) in [5.41, 5.74) is 1.28.